The van der Waals surface area contributed by atoms with Crippen LogP contribution in [0, 0.1) is 0 Å². The van der Waals surface area contributed by atoms with Crippen molar-refractivity contribution >= 4 is 17.5 Å². The van der Waals surface area contributed by atoms with Gasteiger partial charge in [-0.05, 0) is 25.0 Å². The minimum absolute atomic E-state index is 0.486. The van der Waals surface area contributed by atoms with Crippen LogP contribution in [0.2, 0.25) is 0 Å². The van der Waals surface area contributed by atoms with Crippen LogP contribution in [0.4, 0.5) is 5.82 Å². The first-order valence-corrected chi connectivity index (χ1v) is 6.90. The van der Waals surface area contributed by atoms with Crippen LogP contribution < -0.4 is 16.0 Å². The highest BCUT2D eigenvalue weighted by Crippen LogP contribution is 2.25. The van der Waals surface area contributed by atoms with Gasteiger partial charge in [-0.1, -0.05) is 0 Å². The minimum atomic E-state index is -0.951. The molecule has 1 aliphatic carbocycles. The van der Waals surface area contributed by atoms with Gasteiger partial charge in [0.2, 0.25) is 0 Å². The normalized spacial score (nSPS) is 27.2. The van der Waals surface area contributed by atoms with Gasteiger partial charge in [0.15, 0.2) is 12.0 Å². The van der Waals surface area contributed by atoms with E-state index in [-0.39, 0.29) is 0 Å². The molecule has 0 radical (unpaired) electrons. The molecule has 2 unspecified atom stereocenters. The third kappa shape index (κ3) is 2.33. The van der Waals surface area contributed by atoms with Gasteiger partial charge in [0.05, 0.1) is 11.9 Å². The summed E-state index contributed by atoms with van der Waals surface area (Å²) in [6, 6.07) is 2.42. The molecule has 21 heavy (non-hydrogen) atoms. The second-order valence-corrected chi connectivity index (χ2v) is 5.30. The van der Waals surface area contributed by atoms with Gasteiger partial charge >= 0.3 is 0 Å². The maximum atomic E-state index is 9.75. The number of rotatable bonds is 3. The molecule has 4 rings (SSSR count). The van der Waals surface area contributed by atoms with Crippen molar-refractivity contribution in [3.8, 4) is 0 Å². The Balaban J connectivity index is 1.71. The first-order valence-electron chi connectivity index (χ1n) is 6.90. The van der Waals surface area contributed by atoms with Crippen molar-refractivity contribution in [3.05, 3.63) is 29.7 Å². The second-order valence-electron chi connectivity index (χ2n) is 5.30. The molecule has 110 valence electrons. The molecule has 0 aromatic carbocycles. The summed E-state index contributed by atoms with van der Waals surface area (Å²) in [4.78, 5) is 4.34. The highest BCUT2D eigenvalue weighted by Gasteiger charge is 2.25. The number of nitrogens with one attached hydrogen (secondary N) is 3. The quantitative estimate of drug-likeness (QED) is 0.515. The van der Waals surface area contributed by atoms with Crippen LogP contribution in [0.5, 0.6) is 0 Å². The third-order valence-corrected chi connectivity index (χ3v) is 3.58. The minimum Gasteiger partial charge on any atom is -0.373 e. The van der Waals surface area contributed by atoms with E-state index in [0.717, 1.165) is 11.4 Å². The zero-order valence-electron chi connectivity index (χ0n) is 11.2. The van der Waals surface area contributed by atoms with E-state index in [2.05, 4.69) is 26.0 Å². The van der Waals surface area contributed by atoms with Crippen LogP contribution in [0.15, 0.2) is 24.2 Å². The van der Waals surface area contributed by atoms with Crippen molar-refractivity contribution in [1.29, 1.82) is 0 Å². The summed E-state index contributed by atoms with van der Waals surface area (Å²) in [7, 11) is 0. The zero-order chi connectivity index (χ0) is 14.4. The number of nitrogens with zero attached hydrogens (tertiary/aromatic N) is 3. The molecular weight excluding hydrogens is 272 g/mol. The Bertz CT molecular complexity index is 708. The van der Waals surface area contributed by atoms with Gasteiger partial charge in [0, 0.05) is 17.8 Å². The molecule has 8 nitrogen and oxygen atoms in total. The molecule has 5 N–H and O–H groups in total. The standard InChI is InChI=1S/C13H16N6O2/c20-12-9(17-13(21)18-12)5-7-6-15-19-10(16-8-1-2-8)3-4-14-11(7)19/h3-6,8,12-13,16-18,20-21H,1-2H2/b9-5-. The number of hydrogen-bond acceptors (Lipinski definition) is 7. The summed E-state index contributed by atoms with van der Waals surface area (Å²) in [6.45, 7) is 0. The van der Waals surface area contributed by atoms with Crippen molar-refractivity contribution in [1.82, 2.24) is 25.2 Å². The van der Waals surface area contributed by atoms with Gasteiger partial charge in [-0.2, -0.15) is 9.61 Å². The lowest BCUT2D eigenvalue weighted by molar-refractivity contribution is 0.0951. The van der Waals surface area contributed by atoms with Crippen molar-refractivity contribution in [3.63, 3.8) is 0 Å². The van der Waals surface area contributed by atoms with Crippen molar-refractivity contribution in [2.24, 2.45) is 0 Å². The lowest BCUT2D eigenvalue weighted by Crippen LogP contribution is -2.32. The molecule has 2 aromatic heterocycles. The molecule has 3 heterocycles. The molecule has 1 saturated heterocycles. The summed E-state index contributed by atoms with van der Waals surface area (Å²) >= 11 is 0. The van der Waals surface area contributed by atoms with Gasteiger partial charge in [0.25, 0.3) is 0 Å². The molecular formula is C13H16N6O2. The summed E-state index contributed by atoms with van der Waals surface area (Å²) < 4.78 is 1.75. The van der Waals surface area contributed by atoms with Crippen LogP contribution >= 0.6 is 0 Å². The molecule has 8 heteroatoms. The highest BCUT2D eigenvalue weighted by molar-refractivity contribution is 5.68. The van der Waals surface area contributed by atoms with E-state index < -0.39 is 12.6 Å². The van der Waals surface area contributed by atoms with E-state index in [9.17, 15) is 10.2 Å². The van der Waals surface area contributed by atoms with Gasteiger partial charge in [0.1, 0.15) is 12.0 Å². The van der Waals surface area contributed by atoms with Crippen molar-refractivity contribution in [2.75, 3.05) is 5.32 Å². The van der Waals surface area contributed by atoms with Gasteiger partial charge in [-0.25, -0.2) is 10.3 Å². The first kappa shape index (κ1) is 12.6. The van der Waals surface area contributed by atoms with Gasteiger partial charge in [-0.15, -0.1) is 0 Å². The number of anilines is 1. The van der Waals surface area contributed by atoms with Crippen molar-refractivity contribution < 1.29 is 10.2 Å². The largest absolute Gasteiger partial charge is 0.373 e. The number of aromatic nitrogens is 3. The summed E-state index contributed by atoms with van der Waals surface area (Å²) in [5.41, 5.74) is 1.95. The van der Waals surface area contributed by atoms with E-state index >= 15 is 0 Å². The number of aliphatic hydroxyl groups excluding tert-OH is 2. The molecule has 2 aromatic rings. The monoisotopic (exact) mass is 288 g/mol. The predicted octanol–water partition coefficient (Wildman–Crippen LogP) is -0.568. The fraction of sp³-hybridized carbons (Fsp3) is 0.385. The van der Waals surface area contributed by atoms with E-state index in [1.165, 1.54) is 12.8 Å². The van der Waals surface area contributed by atoms with Gasteiger partial charge < -0.3 is 20.8 Å². The Morgan fingerprint density at radius 1 is 1.38 bits per heavy atom. The van der Waals surface area contributed by atoms with Crippen LogP contribution in [-0.4, -0.2) is 43.4 Å². The molecule has 0 spiro atoms. The number of fused-ring (bicyclic) bond motifs is 1. The summed E-state index contributed by atoms with van der Waals surface area (Å²) in [5.74, 6) is 0.908. The first-order chi connectivity index (χ1) is 10.2. The van der Waals surface area contributed by atoms with Crippen molar-refractivity contribution in [2.45, 2.75) is 31.5 Å². The molecule has 2 atom stereocenters. The molecule has 1 aliphatic heterocycles. The maximum Gasteiger partial charge on any atom is 0.183 e. The average Bonchev–Trinajstić information content (AvgIpc) is 3.09. The van der Waals surface area contributed by atoms with E-state index in [0.29, 0.717) is 17.4 Å². The summed E-state index contributed by atoms with van der Waals surface area (Å²) in [5, 5.41) is 32.2. The fourth-order valence-electron chi connectivity index (χ4n) is 2.36. The molecule has 1 saturated carbocycles. The molecule has 2 fully saturated rings. The van der Waals surface area contributed by atoms with Crippen LogP contribution in [0.25, 0.3) is 11.7 Å². The van der Waals surface area contributed by atoms with E-state index in [4.69, 9.17) is 0 Å². The average molecular weight is 288 g/mol. The molecule has 2 aliphatic rings. The van der Waals surface area contributed by atoms with E-state index in [1.807, 2.05) is 6.07 Å². The third-order valence-electron chi connectivity index (χ3n) is 3.58. The molecule has 0 bridgehead atoms. The topological polar surface area (TPSA) is 107 Å². The smallest absolute Gasteiger partial charge is 0.183 e. The Morgan fingerprint density at radius 3 is 2.95 bits per heavy atom. The number of hydrogen-bond donors (Lipinski definition) is 5. The Hall–Kier alpha value is -2.16. The van der Waals surface area contributed by atoms with Crippen LogP contribution in [-0.2, 0) is 0 Å². The lowest BCUT2D eigenvalue weighted by Gasteiger charge is -2.06. The van der Waals surface area contributed by atoms with E-state index in [1.54, 1.807) is 23.0 Å². The van der Waals surface area contributed by atoms with Gasteiger partial charge in [-0.3, -0.25) is 0 Å². The zero-order valence-corrected chi connectivity index (χ0v) is 11.2. The fourth-order valence-corrected chi connectivity index (χ4v) is 2.36. The van der Waals surface area contributed by atoms with Crippen LogP contribution in [0.3, 0.4) is 0 Å². The summed E-state index contributed by atoms with van der Waals surface area (Å²) in [6.07, 6.45) is 5.63. The predicted molar refractivity (Wildman–Crippen MR) is 75.9 cm³/mol. The lowest BCUT2D eigenvalue weighted by atomic mass is 10.2. The Labute approximate surface area is 120 Å². The second kappa shape index (κ2) is 4.69. The Morgan fingerprint density at radius 2 is 2.24 bits per heavy atom. The maximum absolute atomic E-state index is 9.75. The SMILES string of the molecule is OC1N/C(=C\c2cnn3c(NC4CC4)ccnc23)C(O)N1. The number of aliphatic hydroxyl groups is 2. The Kier molecular flexibility index (Phi) is 2.81. The highest BCUT2D eigenvalue weighted by atomic mass is 16.3. The molecule has 0 amide bonds. The van der Waals surface area contributed by atoms with Crippen LogP contribution in [0.1, 0.15) is 18.4 Å².